The molecule has 0 aliphatic carbocycles. The number of carbonyl (C=O) groups is 1. The van der Waals surface area contributed by atoms with Crippen molar-refractivity contribution in [2.45, 2.75) is 46.6 Å². The number of rotatable bonds is 3. The van der Waals surface area contributed by atoms with Gasteiger partial charge in [0.25, 0.3) is 5.91 Å². The second kappa shape index (κ2) is 5.40. The lowest BCUT2D eigenvalue weighted by molar-refractivity contribution is 0.0886. The van der Waals surface area contributed by atoms with E-state index in [0.717, 1.165) is 6.42 Å². The molecule has 1 N–H and O–H groups in total. The van der Waals surface area contributed by atoms with Crippen molar-refractivity contribution >= 4 is 5.91 Å². The van der Waals surface area contributed by atoms with Crippen molar-refractivity contribution in [1.82, 2.24) is 10.3 Å². The van der Waals surface area contributed by atoms with E-state index in [1.54, 1.807) is 12.1 Å². The van der Waals surface area contributed by atoms with Crippen LogP contribution in [-0.2, 0) is 0 Å². The van der Waals surface area contributed by atoms with Gasteiger partial charge >= 0.3 is 0 Å². The van der Waals surface area contributed by atoms with Gasteiger partial charge in [0.15, 0.2) is 0 Å². The molecule has 0 saturated carbocycles. The molecule has 1 amide bonds. The van der Waals surface area contributed by atoms with E-state index in [0.29, 0.717) is 11.3 Å². The van der Waals surface area contributed by atoms with Crippen LogP contribution in [0.15, 0.2) is 18.3 Å². The number of carbonyl (C=O) groups excluding carboxylic acids is 1. The molecule has 0 aromatic carbocycles. The number of nitrogens with zero attached hydrogens (tertiary/aromatic N) is 2. The summed E-state index contributed by atoms with van der Waals surface area (Å²) >= 11 is 0. The molecule has 1 aromatic rings. The maximum atomic E-state index is 12.1. The molecular formula is C15H21N3O. The van der Waals surface area contributed by atoms with Gasteiger partial charge in [-0.1, -0.05) is 20.8 Å². The number of nitriles is 1. The predicted molar refractivity (Wildman–Crippen MR) is 74.6 cm³/mol. The largest absolute Gasteiger partial charge is 0.346 e. The molecule has 4 heteroatoms. The fourth-order valence-corrected chi connectivity index (χ4v) is 2.34. The van der Waals surface area contributed by atoms with Crippen molar-refractivity contribution in [3.8, 4) is 6.07 Å². The van der Waals surface area contributed by atoms with Crippen LogP contribution >= 0.6 is 0 Å². The third-order valence-corrected chi connectivity index (χ3v) is 2.55. The number of nitrogens with one attached hydrogen (secondary N) is 1. The highest BCUT2D eigenvalue weighted by molar-refractivity contribution is 5.92. The Bertz CT molecular complexity index is 490. The zero-order valence-corrected chi connectivity index (χ0v) is 12.2. The summed E-state index contributed by atoms with van der Waals surface area (Å²) < 4.78 is 0. The third-order valence-electron chi connectivity index (χ3n) is 2.55. The standard InChI is InChI=1S/C15H21N3O/c1-14(2,3)10-15(4,5)18-13(19)12-7-6-11(8-16)9-17-12/h6-7,9H,10H2,1-5H3,(H,18,19). The van der Waals surface area contributed by atoms with Crippen LogP contribution in [-0.4, -0.2) is 16.4 Å². The Morgan fingerprint density at radius 1 is 1.32 bits per heavy atom. The van der Waals surface area contributed by atoms with E-state index in [1.807, 2.05) is 19.9 Å². The SMILES string of the molecule is CC(C)(C)CC(C)(C)NC(=O)c1ccc(C#N)cn1. The smallest absolute Gasteiger partial charge is 0.270 e. The van der Waals surface area contributed by atoms with Crippen molar-refractivity contribution in [3.63, 3.8) is 0 Å². The Hall–Kier alpha value is -1.89. The Morgan fingerprint density at radius 3 is 2.37 bits per heavy atom. The molecule has 1 aromatic heterocycles. The molecule has 0 unspecified atom stereocenters. The zero-order chi connectivity index (χ0) is 14.7. The van der Waals surface area contributed by atoms with Crippen LogP contribution in [0.25, 0.3) is 0 Å². The number of hydrogen-bond acceptors (Lipinski definition) is 3. The first-order chi connectivity index (χ1) is 8.63. The maximum absolute atomic E-state index is 12.1. The van der Waals surface area contributed by atoms with Gasteiger partial charge in [0, 0.05) is 11.7 Å². The van der Waals surface area contributed by atoms with E-state index in [2.05, 4.69) is 31.1 Å². The highest BCUT2D eigenvalue weighted by Gasteiger charge is 2.27. The molecule has 19 heavy (non-hydrogen) atoms. The van der Waals surface area contributed by atoms with Gasteiger partial charge < -0.3 is 5.32 Å². The molecular weight excluding hydrogens is 238 g/mol. The van der Waals surface area contributed by atoms with Crippen molar-refractivity contribution in [2.75, 3.05) is 0 Å². The van der Waals surface area contributed by atoms with Gasteiger partial charge in [0.1, 0.15) is 11.8 Å². The first-order valence-corrected chi connectivity index (χ1v) is 6.32. The van der Waals surface area contributed by atoms with Gasteiger partial charge in [-0.05, 0) is 37.8 Å². The minimum Gasteiger partial charge on any atom is -0.346 e. The minimum atomic E-state index is -0.301. The lowest BCUT2D eigenvalue weighted by Gasteiger charge is -2.33. The maximum Gasteiger partial charge on any atom is 0.270 e. The Morgan fingerprint density at radius 2 is 1.95 bits per heavy atom. The normalized spacial score (nSPS) is 11.8. The average molecular weight is 259 g/mol. The lowest BCUT2D eigenvalue weighted by atomic mass is 9.82. The second-order valence-electron chi connectivity index (χ2n) is 6.62. The topological polar surface area (TPSA) is 65.8 Å². The Labute approximate surface area is 114 Å². The van der Waals surface area contributed by atoms with Gasteiger partial charge in [-0.3, -0.25) is 4.79 Å². The fourth-order valence-electron chi connectivity index (χ4n) is 2.34. The summed E-state index contributed by atoms with van der Waals surface area (Å²) in [4.78, 5) is 16.1. The quantitative estimate of drug-likeness (QED) is 0.907. The van der Waals surface area contributed by atoms with E-state index in [4.69, 9.17) is 5.26 Å². The molecule has 1 heterocycles. The fraction of sp³-hybridized carbons (Fsp3) is 0.533. The second-order valence-corrected chi connectivity index (χ2v) is 6.62. The van der Waals surface area contributed by atoms with Crippen LogP contribution in [0.2, 0.25) is 0 Å². The van der Waals surface area contributed by atoms with Crippen LogP contribution in [0.4, 0.5) is 0 Å². The number of pyridine rings is 1. The van der Waals surface area contributed by atoms with E-state index >= 15 is 0 Å². The Kier molecular flexibility index (Phi) is 4.31. The first kappa shape index (κ1) is 15.2. The molecule has 0 aliphatic rings. The minimum absolute atomic E-state index is 0.134. The van der Waals surface area contributed by atoms with Gasteiger partial charge in [0.2, 0.25) is 0 Å². The summed E-state index contributed by atoms with van der Waals surface area (Å²) in [5.41, 5.74) is 0.617. The molecule has 102 valence electrons. The van der Waals surface area contributed by atoms with E-state index in [1.165, 1.54) is 6.20 Å². The summed E-state index contributed by atoms with van der Waals surface area (Å²) in [6.45, 7) is 10.4. The van der Waals surface area contributed by atoms with E-state index < -0.39 is 0 Å². The number of hydrogen-bond donors (Lipinski definition) is 1. The van der Waals surface area contributed by atoms with Crippen LogP contribution in [0.1, 0.15) is 57.1 Å². The molecule has 0 atom stereocenters. The molecule has 0 aliphatic heterocycles. The van der Waals surface area contributed by atoms with Crippen molar-refractivity contribution in [2.24, 2.45) is 5.41 Å². The monoisotopic (exact) mass is 259 g/mol. The Balaban J connectivity index is 2.76. The molecule has 0 saturated heterocycles. The van der Waals surface area contributed by atoms with Crippen molar-refractivity contribution in [3.05, 3.63) is 29.6 Å². The van der Waals surface area contributed by atoms with Crippen LogP contribution in [0.5, 0.6) is 0 Å². The van der Waals surface area contributed by atoms with Crippen molar-refractivity contribution < 1.29 is 4.79 Å². The highest BCUT2D eigenvalue weighted by atomic mass is 16.2. The average Bonchev–Trinajstić information content (AvgIpc) is 2.25. The first-order valence-electron chi connectivity index (χ1n) is 6.32. The van der Waals surface area contributed by atoms with Gasteiger partial charge in [-0.15, -0.1) is 0 Å². The lowest BCUT2D eigenvalue weighted by Crippen LogP contribution is -2.46. The van der Waals surface area contributed by atoms with Crippen LogP contribution in [0, 0.1) is 16.7 Å². The summed E-state index contributed by atoms with van der Waals surface area (Å²) in [5, 5.41) is 11.7. The van der Waals surface area contributed by atoms with Gasteiger partial charge in [-0.2, -0.15) is 5.26 Å². The summed E-state index contributed by atoms with van der Waals surface area (Å²) in [6, 6.07) is 5.14. The number of amides is 1. The zero-order valence-electron chi connectivity index (χ0n) is 12.2. The molecule has 0 fully saturated rings. The van der Waals surface area contributed by atoms with E-state index in [-0.39, 0.29) is 16.9 Å². The van der Waals surface area contributed by atoms with Crippen molar-refractivity contribution in [1.29, 1.82) is 5.26 Å². The summed E-state index contributed by atoms with van der Waals surface area (Å²) in [7, 11) is 0. The van der Waals surface area contributed by atoms with Gasteiger partial charge in [0.05, 0.1) is 5.56 Å². The van der Waals surface area contributed by atoms with Gasteiger partial charge in [-0.25, -0.2) is 4.98 Å². The van der Waals surface area contributed by atoms with E-state index in [9.17, 15) is 4.79 Å². The van der Waals surface area contributed by atoms with Crippen LogP contribution < -0.4 is 5.32 Å². The molecule has 4 nitrogen and oxygen atoms in total. The van der Waals surface area contributed by atoms with Crippen LogP contribution in [0.3, 0.4) is 0 Å². The predicted octanol–water partition coefficient (Wildman–Crippen LogP) is 2.90. The molecule has 0 spiro atoms. The number of aromatic nitrogens is 1. The molecule has 0 radical (unpaired) electrons. The highest BCUT2D eigenvalue weighted by Crippen LogP contribution is 2.26. The third kappa shape index (κ3) is 5.09. The molecule has 1 rings (SSSR count). The molecule has 0 bridgehead atoms. The summed E-state index contributed by atoms with van der Waals surface area (Å²) in [6.07, 6.45) is 2.27. The summed E-state index contributed by atoms with van der Waals surface area (Å²) in [5.74, 6) is -0.210.